The van der Waals surface area contributed by atoms with Gasteiger partial charge in [0.25, 0.3) is 5.78 Å². The maximum Gasteiger partial charge on any atom is 0.253 e. The van der Waals surface area contributed by atoms with Gasteiger partial charge in [-0.2, -0.15) is 4.98 Å². The monoisotopic (exact) mass is 532 g/mol. The van der Waals surface area contributed by atoms with Gasteiger partial charge in [0.15, 0.2) is 0 Å². The molecular weight excluding hydrogens is 504 g/mol. The Kier molecular flexibility index (Phi) is 8.00. The highest BCUT2D eigenvalue weighted by Gasteiger charge is 2.17. The Morgan fingerprint density at radius 1 is 1.18 bits per heavy atom. The zero-order valence-corrected chi connectivity index (χ0v) is 21.7. The zero-order valence-electron chi connectivity index (χ0n) is 19.3. The number of amides is 1. The van der Waals surface area contributed by atoms with E-state index in [2.05, 4.69) is 48.0 Å². The van der Waals surface area contributed by atoms with Crippen LogP contribution in [-0.4, -0.2) is 87.5 Å². The van der Waals surface area contributed by atoms with Gasteiger partial charge in [-0.15, -0.1) is 5.10 Å². The van der Waals surface area contributed by atoms with Crippen molar-refractivity contribution in [3.8, 4) is 0 Å². The summed E-state index contributed by atoms with van der Waals surface area (Å²) < 4.78 is 8.23. The molecule has 10 heteroatoms. The molecule has 33 heavy (non-hydrogen) atoms. The standard InChI is InChI=1S/C23H29BrN6O2S/c1-16-20(14-18-4-6-19(24)7-5-18)17(2)30-22(25-16)26-23(27-30)33-15-21(31)28(3)8-9-29-10-12-32-13-11-29/h4-7H,8-15H2,1-3H3. The van der Waals surface area contributed by atoms with Gasteiger partial charge in [-0.3, -0.25) is 9.69 Å². The predicted molar refractivity (Wildman–Crippen MR) is 133 cm³/mol. The number of thioether (sulfide) groups is 1. The number of halogens is 1. The molecule has 0 atom stereocenters. The first-order valence-electron chi connectivity index (χ1n) is 11.0. The summed E-state index contributed by atoms with van der Waals surface area (Å²) in [5.74, 6) is 0.948. The Morgan fingerprint density at radius 3 is 2.64 bits per heavy atom. The maximum atomic E-state index is 12.6. The van der Waals surface area contributed by atoms with Crippen molar-refractivity contribution in [2.45, 2.75) is 25.4 Å². The second kappa shape index (κ2) is 10.9. The number of likely N-dealkylation sites (N-methyl/N-ethyl adjacent to an activating group) is 1. The van der Waals surface area contributed by atoms with Crippen molar-refractivity contribution in [2.75, 3.05) is 52.2 Å². The van der Waals surface area contributed by atoms with Crippen molar-refractivity contribution in [3.05, 3.63) is 51.3 Å². The van der Waals surface area contributed by atoms with Crippen LogP contribution in [0.2, 0.25) is 0 Å². The van der Waals surface area contributed by atoms with E-state index in [1.54, 1.807) is 9.42 Å². The third kappa shape index (κ3) is 6.11. The minimum absolute atomic E-state index is 0.0731. The predicted octanol–water partition coefficient (Wildman–Crippen LogP) is 2.98. The average molecular weight is 533 g/mol. The number of aryl methyl sites for hydroxylation is 2. The van der Waals surface area contributed by atoms with E-state index < -0.39 is 0 Å². The average Bonchev–Trinajstić information content (AvgIpc) is 3.23. The van der Waals surface area contributed by atoms with E-state index in [-0.39, 0.29) is 5.91 Å². The number of ether oxygens (including phenoxy) is 1. The third-order valence-electron chi connectivity index (χ3n) is 5.93. The molecule has 0 radical (unpaired) electrons. The summed E-state index contributed by atoms with van der Waals surface area (Å²) in [4.78, 5) is 25.9. The lowest BCUT2D eigenvalue weighted by Crippen LogP contribution is -2.42. The van der Waals surface area contributed by atoms with Gasteiger partial charge < -0.3 is 9.64 Å². The summed E-state index contributed by atoms with van der Waals surface area (Å²) in [5, 5.41) is 5.20. The number of morpholine rings is 1. The number of nitrogens with zero attached hydrogens (tertiary/aromatic N) is 6. The lowest BCUT2D eigenvalue weighted by Gasteiger charge is -2.28. The van der Waals surface area contributed by atoms with Crippen LogP contribution >= 0.6 is 27.7 Å². The highest BCUT2D eigenvalue weighted by Crippen LogP contribution is 2.21. The Bertz CT molecular complexity index is 1110. The van der Waals surface area contributed by atoms with Crippen LogP contribution < -0.4 is 0 Å². The molecule has 8 nitrogen and oxygen atoms in total. The molecule has 1 amide bonds. The summed E-state index contributed by atoms with van der Waals surface area (Å²) in [6, 6.07) is 8.31. The maximum absolute atomic E-state index is 12.6. The van der Waals surface area contributed by atoms with Crippen molar-refractivity contribution in [1.82, 2.24) is 29.4 Å². The van der Waals surface area contributed by atoms with E-state index >= 15 is 0 Å². The first-order valence-corrected chi connectivity index (χ1v) is 12.8. The number of fused-ring (bicyclic) bond motifs is 1. The lowest BCUT2D eigenvalue weighted by atomic mass is 10.0. The number of benzene rings is 1. The van der Waals surface area contributed by atoms with Gasteiger partial charge in [-0.05, 0) is 37.1 Å². The molecule has 3 aromatic rings. The Labute approximate surface area is 206 Å². The molecule has 176 valence electrons. The van der Waals surface area contributed by atoms with Gasteiger partial charge in [-0.1, -0.05) is 39.8 Å². The minimum Gasteiger partial charge on any atom is -0.379 e. The molecule has 1 aliphatic heterocycles. The SMILES string of the molecule is Cc1nc2nc(SCC(=O)N(C)CCN3CCOCC3)nn2c(C)c1Cc1ccc(Br)cc1. The van der Waals surface area contributed by atoms with Gasteiger partial charge in [-0.25, -0.2) is 9.50 Å². The van der Waals surface area contributed by atoms with Gasteiger partial charge in [0, 0.05) is 55.5 Å². The van der Waals surface area contributed by atoms with Crippen molar-refractivity contribution in [3.63, 3.8) is 0 Å². The van der Waals surface area contributed by atoms with Crippen LogP contribution in [0.3, 0.4) is 0 Å². The van der Waals surface area contributed by atoms with Crippen LogP contribution in [0.5, 0.6) is 0 Å². The molecule has 1 fully saturated rings. The van der Waals surface area contributed by atoms with Gasteiger partial charge >= 0.3 is 0 Å². The lowest BCUT2D eigenvalue weighted by molar-refractivity contribution is -0.127. The van der Waals surface area contributed by atoms with E-state index in [1.165, 1.54) is 17.3 Å². The van der Waals surface area contributed by atoms with E-state index in [4.69, 9.17) is 4.74 Å². The van der Waals surface area contributed by atoms with Crippen LogP contribution in [0.4, 0.5) is 0 Å². The second-order valence-corrected chi connectivity index (χ2v) is 10.1. The van der Waals surface area contributed by atoms with Crippen LogP contribution in [0, 0.1) is 13.8 Å². The van der Waals surface area contributed by atoms with Crippen LogP contribution in [0.25, 0.3) is 5.78 Å². The molecule has 1 saturated heterocycles. The van der Waals surface area contributed by atoms with E-state index in [0.29, 0.717) is 23.2 Å². The first kappa shape index (κ1) is 24.1. The van der Waals surface area contributed by atoms with Crippen molar-refractivity contribution in [1.29, 1.82) is 0 Å². The van der Waals surface area contributed by atoms with Crippen molar-refractivity contribution < 1.29 is 9.53 Å². The molecule has 0 unspecified atom stereocenters. The molecule has 0 aliphatic carbocycles. The fraction of sp³-hybridized carbons (Fsp3) is 0.478. The van der Waals surface area contributed by atoms with Crippen LogP contribution in [0.15, 0.2) is 33.9 Å². The molecule has 2 aromatic heterocycles. The highest BCUT2D eigenvalue weighted by molar-refractivity contribution is 9.10. The zero-order chi connectivity index (χ0) is 23.4. The van der Waals surface area contributed by atoms with Crippen molar-refractivity contribution >= 4 is 39.4 Å². The number of aromatic nitrogens is 4. The Hall–Kier alpha value is -2.01. The molecule has 0 bridgehead atoms. The molecule has 4 rings (SSSR count). The minimum atomic E-state index is 0.0731. The fourth-order valence-electron chi connectivity index (χ4n) is 3.79. The molecule has 1 aliphatic rings. The van der Waals surface area contributed by atoms with Gasteiger partial charge in [0.05, 0.1) is 19.0 Å². The Morgan fingerprint density at radius 2 is 1.91 bits per heavy atom. The van der Waals surface area contributed by atoms with Crippen LogP contribution in [-0.2, 0) is 16.0 Å². The largest absolute Gasteiger partial charge is 0.379 e. The van der Waals surface area contributed by atoms with Crippen LogP contribution in [0.1, 0.15) is 22.5 Å². The fourth-order valence-corrected chi connectivity index (χ4v) is 4.81. The normalized spacial score (nSPS) is 14.7. The molecular formula is C23H29BrN6O2S. The summed E-state index contributed by atoms with van der Waals surface area (Å²) in [6.07, 6.45) is 0.780. The molecule has 0 N–H and O–H groups in total. The van der Waals surface area contributed by atoms with Gasteiger partial charge in [0.2, 0.25) is 11.1 Å². The third-order valence-corrected chi connectivity index (χ3v) is 7.28. The summed E-state index contributed by atoms with van der Waals surface area (Å²) in [7, 11) is 1.85. The molecule has 1 aromatic carbocycles. The summed E-state index contributed by atoms with van der Waals surface area (Å²) in [6.45, 7) is 9.02. The molecule has 3 heterocycles. The number of hydrogen-bond acceptors (Lipinski definition) is 7. The highest BCUT2D eigenvalue weighted by atomic mass is 79.9. The summed E-state index contributed by atoms with van der Waals surface area (Å²) >= 11 is 4.84. The van der Waals surface area contributed by atoms with Crippen molar-refractivity contribution in [2.24, 2.45) is 0 Å². The van der Waals surface area contributed by atoms with Gasteiger partial charge in [0.1, 0.15) is 0 Å². The van der Waals surface area contributed by atoms with E-state index in [9.17, 15) is 4.79 Å². The topological polar surface area (TPSA) is 75.9 Å². The molecule has 0 spiro atoms. The number of hydrogen-bond donors (Lipinski definition) is 0. The molecule has 0 saturated carbocycles. The van der Waals surface area contributed by atoms with E-state index in [1.807, 2.05) is 33.0 Å². The van der Waals surface area contributed by atoms with E-state index in [0.717, 1.165) is 60.7 Å². The number of carbonyl (C=O) groups excluding carboxylic acids is 1. The summed E-state index contributed by atoms with van der Waals surface area (Å²) in [5.41, 5.74) is 4.33. The first-order chi connectivity index (χ1) is 15.9. The Balaban J connectivity index is 1.38. The smallest absolute Gasteiger partial charge is 0.253 e. The number of rotatable bonds is 8. The number of carbonyl (C=O) groups is 1. The second-order valence-electron chi connectivity index (χ2n) is 8.23. The quantitative estimate of drug-likeness (QED) is 0.412.